The van der Waals surface area contributed by atoms with Crippen molar-refractivity contribution < 1.29 is 19.1 Å². The number of benzene rings is 3. The van der Waals surface area contributed by atoms with E-state index in [0.717, 1.165) is 22.3 Å². The van der Waals surface area contributed by atoms with Crippen molar-refractivity contribution in [2.24, 2.45) is 0 Å². The van der Waals surface area contributed by atoms with Crippen molar-refractivity contribution in [2.45, 2.75) is 33.4 Å². The predicted octanol–water partition coefficient (Wildman–Crippen LogP) is 5.16. The Morgan fingerprint density at radius 3 is 2.44 bits per heavy atom. The Hall–Kier alpha value is -3.67. The highest BCUT2D eigenvalue weighted by molar-refractivity contribution is 5.76. The Morgan fingerprint density at radius 1 is 1.00 bits per heavy atom. The van der Waals surface area contributed by atoms with E-state index in [4.69, 9.17) is 5.11 Å². The smallest absolute Gasteiger partial charge is 0.317 e. The number of hydrogen-bond acceptors (Lipinski definition) is 2. The lowest BCUT2D eigenvalue weighted by Crippen LogP contribution is -2.39. The van der Waals surface area contributed by atoms with Crippen LogP contribution in [0, 0.1) is 12.7 Å². The van der Waals surface area contributed by atoms with E-state index in [0.29, 0.717) is 30.8 Å². The molecule has 0 fully saturated rings. The molecule has 3 aromatic rings. The Morgan fingerprint density at radius 2 is 1.75 bits per heavy atom. The number of aliphatic carboxylic acids is 1. The molecule has 0 atom stereocenters. The minimum Gasteiger partial charge on any atom is -0.481 e. The molecule has 0 aromatic heterocycles. The third-order valence-corrected chi connectivity index (χ3v) is 5.20. The number of carboxylic acid groups (broad SMARTS) is 1. The number of urea groups is 1. The summed E-state index contributed by atoms with van der Waals surface area (Å²) in [7, 11) is 0. The van der Waals surface area contributed by atoms with Crippen LogP contribution in [0.25, 0.3) is 11.1 Å². The van der Waals surface area contributed by atoms with E-state index >= 15 is 0 Å². The molecule has 0 unspecified atom stereocenters. The summed E-state index contributed by atoms with van der Waals surface area (Å²) in [6, 6.07) is 19.6. The Balaban J connectivity index is 1.85. The molecule has 0 spiro atoms. The van der Waals surface area contributed by atoms with Crippen molar-refractivity contribution in [1.82, 2.24) is 10.2 Å². The van der Waals surface area contributed by atoms with Crippen LogP contribution in [0.3, 0.4) is 0 Å². The average Bonchev–Trinajstić information content (AvgIpc) is 2.75. The molecule has 0 aliphatic carbocycles. The molecule has 0 aliphatic heterocycles. The zero-order valence-electron chi connectivity index (χ0n) is 18.3. The van der Waals surface area contributed by atoms with Gasteiger partial charge in [0.2, 0.25) is 0 Å². The molecule has 2 N–H and O–H groups in total. The fourth-order valence-electron chi connectivity index (χ4n) is 3.64. The molecule has 5 nitrogen and oxygen atoms in total. The standard InChI is InChI=1S/C26H27FN2O3/c1-3-29(26(32)28-16-19-7-5-4-6-8-19)17-22-11-18(2)9-10-24(22)21-12-20(14-25(30)31)13-23(27)15-21/h4-13,15H,3,14,16-17H2,1-2H3,(H,28,32)(H,30,31). The molecule has 3 aromatic carbocycles. The van der Waals surface area contributed by atoms with Gasteiger partial charge in [-0.2, -0.15) is 0 Å². The van der Waals surface area contributed by atoms with Crippen LogP contribution < -0.4 is 5.32 Å². The summed E-state index contributed by atoms with van der Waals surface area (Å²) in [6.45, 7) is 5.14. The van der Waals surface area contributed by atoms with Crippen LogP contribution in [0.4, 0.5) is 9.18 Å². The Kier molecular flexibility index (Phi) is 7.60. The maximum atomic E-state index is 14.2. The van der Waals surface area contributed by atoms with Gasteiger partial charge in [0, 0.05) is 19.6 Å². The molecule has 0 saturated heterocycles. The second-order valence-corrected chi connectivity index (χ2v) is 7.74. The van der Waals surface area contributed by atoms with Crippen LogP contribution in [-0.4, -0.2) is 28.6 Å². The van der Waals surface area contributed by atoms with Gasteiger partial charge in [-0.1, -0.05) is 60.2 Å². The first-order chi connectivity index (χ1) is 15.4. The highest BCUT2D eigenvalue weighted by Crippen LogP contribution is 2.28. The van der Waals surface area contributed by atoms with Crippen molar-refractivity contribution in [3.8, 4) is 11.1 Å². The number of amides is 2. The van der Waals surface area contributed by atoms with Crippen LogP contribution in [0.15, 0.2) is 66.7 Å². The van der Waals surface area contributed by atoms with E-state index in [1.165, 1.54) is 12.1 Å². The molecular formula is C26H27FN2O3. The molecule has 6 heteroatoms. The molecule has 0 bridgehead atoms. The second kappa shape index (κ2) is 10.6. The van der Waals surface area contributed by atoms with Crippen molar-refractivity contribution >= 4 is 12.0 Å². The van der Waals surface area contributed by atoms with Gasteiger partial charge in [-0.05, 0) is 53.8 Å². The Labute approximate surface area is 187 Å². The van der Waals surface area contributed by atoms with E-state index in [2.05, 4.69) is 5.32 Å². The van der Waals surface area contributed by atoms with Crippen LogP contribution in [-0.2, 0) is 24.3 Å². The number of hydrogen-bond donors (Lipinski definition) is 2. The van der Waals surface area contributed by atoms with Crippen molar-refractivity contribution in [3.05, 3.63) is 94.8 Å². The first-order valence-electron chi connectivity index (χ1n) is 10.5. The normalized spacial score (nSPS) is 10.6. The van der Waals surface area contributed by atoms with E-state index in [9.17, 15) is 14.0 Å². The molecule has 3 rings (SSSR count). The molecular weight excluding hydrogens is 407 g/mol. The lowest BCUT2D eigenvalue weighted by Gasteiger charge is -2.23. The lowest BCUT2D eigenvalue weighted by atomic mass is 9.95. The molecule has 166 valence electrons. The Bertz CT molecular complexity index is 1100. The van der Waals surface area contributed by atoms with Crippen molar-refractivity contribution in [1.29, 1.82) is 0 Å². The topological polar surface area (TPSA) is 69.6 Å². The summed E-state index contributed by atoms with van der Waals surface area (Å²) in [5.41, 5.74) is 4.67. The lowest BCUT2D eigenvalue weighted by molar-refractivity contribution is -0.136. The van der Waals surface area contributed by atoms with Gasteiger partial charge < -0.3 is 15.3 Å². The first-order valence-corrected chi connectivity index (χ1v) is 10.5. The van der Waals surface area contributed by atoms with Crippen LogP contribution >= 0.6 is 0 Å². The fourth-order valence-corrected chi connectivity index (χ4v) is 3.64. The number of aryl methyl sites for hydroxylation is 1. The summed E-state index contributed by atoms with van der Waals surface area (Å²) >= 11 is 0. The number of carbonyl (C=O) groups is 2. The van der Waals surface area contributed by atoms with Gasteiger partial charge in [0.25, 0.3) is 0 Å². The van der Waals surface area contributed by atoms with Gasteiger partial charge in [0.1, 0.15) is 5.82 Å². The van der Waals surface area contributed by atoms with Gasteiger partial charge in [0.15, 0.2) is 0 Å². The zero-order valence-corrected chi connectivity index (χ0v) is 18.3. The van der Waals surface area contributed by atoms with Gasteiger partial charge in [-0.15, -0.1) is 0 Å². The molecule has 32 heavy (non-hydrogen) atoms. The average molecular weight is 435 g/mol. The maximum absolute atomic E-state index is 14.2. The molecule has 0 saturated carbocycles. The summed E-state index contributed by atoms with van der Waals surface area (Å²) in [5, 5.41) is 12.0. The zero-order chi connectivity index (χ0) is 23.1. The van der Waals surface area contributed by atoms with Crippen LogP contribution in [0.5, 0.6) is 0 Å². The monoisotopic (exact) mass is 434 g/mol. The highest BCUT2D eigenvalue weighted by atomic mass is 19.1. The van der Waals surface area contributed by atoms with Crippen molar-refractivity contribution in [2.75, 3.05) is 6.54 Å². The van der Waals surface area contributed by atoms with E-state index in [-0.39, 0.29) is 12.5 Å². The minimum absolute atomic E-state index is 0.186. The minimum atomic E-state index is -1.02. The molecule has 0 heterocycles. The first kappa shape index (κ1) is 23.0. The number of rotatable bonds is 8. The van der Waals surface area contributed by atoms with Gasteiger partial charge in [0.05, 0.1) is 6.42 Å². The largest absolute Gasteiger partial charge is 0.481 e. The van der Waals surface area contributed by atoms with Crippen molar-refractivity contribution in [3.63, 3.8) is 0 Å². The van der Waals surface area contributed by atoms with E-state index < -0.39 is 11.8 Å². The van der Waals surface area contributed by atoms with Gasteiger partial charge >= 0.3 is 12.0 Å². The molecule has 0 radical (unpaired) electrons. The maximum Gasteiger partial charge on any atom is 0.317 e. The second-order valence-electron chi connectivity index (χ2n) is 7.74. The van der Waals surface area contributed by atoms with E-state index in [1.54, 1.807) is 11.0 Å². The highest BCUT2D eigenvalue weighted by Gasteiger charge is 2.16. The summed E-state index contributed by atoms with van der Waals surface area (Å²) < 4.78 is 14.2. The summed E-state index contributed by atoms with van der Waals surface area (Å²) in [5.74, 6) is -1.50. The summed E-state index contributed by atoms with van der Waals surface area (Å²) in [6.07, 6.45) is -0.255. The molecule has 0 aliphatic rings. The molecule has 2 amide bonds. The van der Waals surface area contributed by atoms with E-state index in [1.807, 2.05) is 62.4 Å². The number of carboxylic acids is 1. The van der Waals surface area contributed by atoms with Crippen LogP contribution in [0.2, 0.25) is 0 Å². The van der Waals surface area contributed by atoms with Crippen LogP contribution in [0.1, 0.15) is 29.2 Å². The third-order valence-electron chi connectivity index (χ3n) is 5.20. The number of halogens is 1. The summed E-state index contributed by atoms with van der Waals surface area (Å²) in [4.78, 5) is 25.6. The number of nitrogens with one attached hydrogen (secondary N) is 1. The predicted molar refractivity (Wildman–Crippen MR) is 123 cm³/mol. The fraction of sp³-hybridized carbons (Fsp3) is 0.231. The third kappa shape index (κ3) is 6.17. The van der Waals surface area contributed by atoms with Gasteiger partial charge in [-0.25, -0.2) is 9.18 Å². The number of nitrogens with zero attached hydrogens (tertiary/aromatic N) is 1. The quantitative estimate of drug-likeness (QED) is 0.515. The number of carbonyl (C=O) groups excluding carboxylic acids is 1. The SMILES string of the molecule is CCN(Cc1cc(C)ccc1-c1cc(F)cc(CC(=O)O)c1)C(=O)NCc1ccccc1. The van der Waals surface area contributed by atoms with Gasteiger partial charge in [-0.3, -0.25) is 4.79 Å².